The van der Waals surface area contributed by atoms with Crippen molar-refractivity contribution in [3.05, 3.63) is 29.8 Å². The molecule has 0 saturated heterocycles. The van der Waals surface area contributed by atoms with Crippen molar-refractivity contribution in [2.45, 2.75) is 26.3 Å². The number of sulfonamides is 1. The first-order valence-electron chi connectivity index (χ1n) is 5.12. The first kappa shape index (κ1) is 13.1. The average molecular weight is 246 g/mol. The van der Waals surface area contributed by atoms with E-state index in [0.717, 1.165) is 6.42 Å². The Bertz CT molecular complexity index is 434. The molecule has 0 saturated carbocycles. The minimum absolute atomic E-state index is 0.0674. The minimum atomic E-state index is -3.32. The largest absolute Gasteiger partial charge is 0.257 e. The van der Waals surface area contributed by atoms with E-state index >= 15 is 0 Å². The fourth-order valence-electron chi connectivity index (χ4n) is 1.13. The predicted octanol–water partition coefficient (Wildman–Crippen LogP) is 1.44. The van der Waals surface area contributed by atoms with Crippen LogP contribution < -0.4 is 4.72 Å². The highest BCUT2D eigenvalue weighted by molar-refractivity contribution is 7.89. The van der Waals surface area contributed by atoms with Gasteiger partial charge in [0.2, 0.25) is 10.0 Å². The summed E-state index contributed by atoms with van der Waals surface area (Å²) in [7, 11) is -3.32. The fourth-order valence-corrected chi connectivity index (χ4v) is 2.30. The smallest absolute Gasteiger partial charge is 0.211 e. The van der Waals surface area contributed by atoms with E-state index in [-0.39, 0.29) is 18.0 Å². The molecule has 90 valence electrons. The lowest BCUT2D eigenvalue weighted by molar-refractivity contribution is 0.567. The Morgan fingerprint density at radius 2 is 2.25 bits per heavy atom. The summed E-state index contributed by atoms with van der Waals surface area (Å²) < 4.78 is 38.3. The molecule has 0 atom stereocenters. The van der Waals surface area contributed by atoms with Gasteiger partial charge in [0.05, 0.1) is 18.0 Å². The van der Waals surface area contributed by atoms with E-state index in [1.807, 2.05) is 6.92 Å². The number of nitrogens with one attached hydrogen (secondary N) is 1. The zero-order valence-electron chi connectivity index (χ0n) is 9.11. The molecule has 0 spiro atoms. The van der Waals surface area contributed by atoms with Crippen LogP contribution in [-0.4, -0.2) is 19.2 Å². The molecule has 4 nitrogen and oxygen atoms in total. The lowest BCUT2D eigenvalue weighted by atomic mass is 10.3. The van der Waals surface area contributed by atoms with Gasteiger partial charge in [-0.3, -0.25) is 4.98 Å². The van der Waals surface area contributed by atoms with Crippen LogP contribution in [0.1, 0.15) is 25.5 Å². The maximum absolute atomic E-state index is 13.1. The Morgan fingerprint density at radius 1 is 1.50 bits per heavy atom. The van der Waals surface area contributed by atoms with Gasteiger partial charge in [0, 0.05) is 6.20 Å². The average Bonchev–Trinajstić information content (AvgIpc) is 2.26. The van der Waals surface area contributed by atoms with Crippen molar-refractivity contribution in [3.8, 4) is 0 Å². The van der Waals surface area contributed by atoms with E-state index in [4.69, 9.17) is 0 Å². The summed E-state index contributed by atoms with van der Waals surface area (Å²) in [6, 6.07) is 2.72. The number of nitrogens with zero attached hydrogens (tertiary/aromatic N) is 1. The van der Waals surface area contributed by atoms with Crippen molar-refractivity contribution in [1.29, 1.82) is 0 Å². The monoisotopic (exact) mass is 246 g/mol. The van der Waals surface area contributed by atoms with Crippen LogP contribution in [0.15, 0.2) is 18.3 Å². The van der Waals surface area contributed by atoms with Crippen molar-refractivity contribution in [1.82, 2.24) is 9.71 Å². The van der Waals surface area contributed by atoms with Crippen molar-refractivity contribution in [2.24, 2.45) is 0 Å². The Kier molecular flexibility index (Phi) is 4.82. The molecule has 0 fully saturated rings. The third-order valence-corrected chi connectivity index (χ3v) is 3.47. The molecule has 0 aromatic carbocycles. The predicted molar refractivity (Wildman–Crippen MR) is 59.7 cm³/mol. The topological polar surface area (TPSA) is 59.1 Å². The normalized spacial score (nSPS) is 11.6. The molecule has 0 aliphatic carbocycles. The van der Waals surface area contributed by atoms with Crippen LogP contribution in [0.25, 0.3) is 0 Å². The van der Waals surface area contributed by atoms with Crippen LogP contribution in [0.4, 0.5) is 4.39 Å². The molecule has 6 heteroatoms. The summed E-state index contributed by atoms with van der Waals surface area (Å²) in [5, 5.41) is 0. The van der Waals surface area contributed by atoms with Crippen molar-refractivity contribution in [2.75, 3.05) is 5.75 Å². The molecule has 0 aliphatic rings. The number of pyridine rings is 1. The molecule has 0 aliphatic heterocycles. The number of hydrogen-bond donors (Lipinski definition) is 1. The second-order valence-electron chi connectivity index (χ2n) is 3.43. The van der Waals surface area contributed by atoms with Crippen molar-refractivity contribution < 1.29 is 12.8 Å². The fraction of sp³-hybridized carbons (Fsp3) is 0.500. The van der Waals surface area contributed by atoms with E-state index in [1.165, 1.54) is 18.3 Å². The van der Waals surface area contributed by atoms with E-state index in [2.05, 4.69) is 9.71 Å². The van der Waals surface area contributed by atoms with Gasteiger partial charge >= 0.3 is 0 Å². The van der Waals surface area contributed by atoms with Gasteiger partial charge in [-0.15, -0.1) is 0 Å². The highest BCUT2D eigenvalue weighted by atomic mass is 32.2. The maximum atomic E-state index is 13.1. The van der Waals surface area contributed by atoms with E-state index < -0.39 is 15.8 Å². The molecule has 0 unspecified atom stereocenters. The van der Waals surface area contributed by atoms with Gasteiger partial charge in [0.25, 0.3) is 0 Å². The molecule has 1 rings (SSSR count). The van der Waals surface area contributed by atoms with Crippen LogP contribution in [0.3, 0.4) is 0 Å². The van der Waals surface area contributed by atoms with E-state index in [0.29, 0.717) is 6.42 Å². The Balaban J connectivity index is 2.55. The van der Waals surface area contributed by atoms with Crippen LogP contribution in [-0.2, 0) is 16.6 Å². The summed E-state index contributed by atoms with van der Waals surface area (Å²) in [6.45, 7) is 1.81. The van der Waals surface area contributed by atoms with Gasteiger partial charge < -0.3 is 0 Å². The molecular weight excluding hydrogens is 231 g/mol. The minimum Gasteiger partial charge on any atom is -0.257 e. The van der Waals surface area contributed by atoms with Crippen LogP contribution in [0.5, 0.6) is 0 Å². The van der Waals surface area contributed by atoms with Gasteiger partial charge in [0.1, 0.15) is 5.82 Å². The Morgan fingerprint density at radius 3 is 2.88 bits per heavy atom. The molecule has 16 heavy (non-hydrogen) atoms. The summed E-state index contributed by atoms with van der Waals surface area (Å²) in [5.74, 6) is -0.432. The van der Waals surface area contributed by atoms with E-state index in [1.54, 1.807) is 0 Å². The van der Waals surface area contributed by atoms with Crippen LogP contribution >= 0.6 is 0 Å². The first-order chi connectivity index (χ1) is 7.55. The van der Waals surface area contributed by atoms with Crippen molar-refractivity contribution >= 4 is 10.0 Å². The molecule has 1 aromatic rings. The summed E-state index contributed by atoms with van der Waals surface area (Å²) >= 11 is 0. The number of hydrogen-bond acceptors (Lipinski definition) is 3. The first-order valence-corrected chi connectivity index (χ1v) is 6.77. The van der Waals surface area contributed by atoms with Crippen LogP contribution in [0, 0.1) is 5.82 Å². The van der Waals surface area contributed by atoms with Gasteiger partial charge in [0.15, 0.2) is 0 Å². The maximum Gasteiger partial charge on any atom is 0.211 e. The molecule has 1 N–H and O–H groups in total. The lowest BCUT2D eigenvalue weighted by Crippen LogP contribution is -2.26. The number of unbranched alkanes of at least 4 members (excludes halogenated alkanes) is 1. The number of aromatic nitrogens is 1. The van der Waals surface area contributed by atoms with Gasteiger partial charge in [-0.25, -0.2) is 17.5 Å². The van der Waals surface area contributed by atoms with E-state index in [9.17, 15) is 12.8 Å². The number of rotatable bonds is 6. The van der Waals surface area contributed by atoms with Gasteiger partial charge in [-0.2, -0.15) is 0 Å². The third kappa shape index (κ3) is 4.24. The standard InChI is InChI=1S/C10H15FN2O2S/c1-2-3-7-16(14,15)13-8-10-9(11)5-4-6-12-10/h4-6,13H,2-3,7-8H2,1H3. The molecule has 0 amide bonds. The van der Waals surface area contributed by atoms with Gasteiger partial charge in [-0.1, -0.05) is 13.3 Å². The molecule has 0 radical (unpaired) electrons. The zero-order valence-corrected chi connectivity index (χ0v) is 9.93. The Hall–Kier alpha value is -1.01. The summed E-state index contributed by atoms with van der Waals surface area (Å²) in [6.07, 6.45) is 2.83. The summed E-state index contributed by atoms with van der Waals surface area (Å²) in [4.78, 5) is 3.76. The molecule has 1 heterocycles. The highest BCUT2D eigenvalue weighted by Gasteiger charge is 2.10. The SMILES string of the molecule is CCCCS(=O)(=O)NCc1ncccc1F. The second-order valence-corrected chi connectivity index (χ2v) is 5.35. The van der Waals surface area contributed by atoms with Crippen LogP contribution in [0.2, 0.25) is 0 Å². The van der Waals surface area contributed by atoms with Crippen molar-refractivity contribution in [3.63, 3.8) is 0 Å². The highest BCUT2D eigenvalue weighted by Crippen LogP contribution is 2.03. The molecule has 1 aromatic heterocycles. The quantitative estimate of drug-likeness (QED) is 0.826. The summed E-state index contributed by atoms with van der Waals surface area (Å²) in [5.41, 5.74) is 0.113. The molecule has 0 bridgehead atoms. The zero-order chi connectivity index (χ0) is 12.0. The second kappa shape index (κ2) is 5.91. The van der Waals surface area contributed by atoms with Gasteiger partial charge in [-0.05, 0) is 18.6 Å². The Labute approximate surface area is 95.0 Å². The lowest BCUT2D eigenvalue weighted by Gasteiger charge is -2.05. The third-order valence-electron chi connectivity index (χ3n) is 2.06. The number of halogens is 1. The molecular formula is C10H15FN2O2S.